The van der Waals surface area contributed by atoms with Crippen LogP contribution in [-0.2, 0) is 20.7 Å². The third-order valence-corrected chi connectivity index (χ3v) is 5.98. The molecular formula is C25H26N2O5. The predicted octanol–water partition coefficient (Wildman–Crippen LogP) is 2.84. The molecule has 0 radical (unpaired) electrons. The van der Waals surface area contributed by atoms with E-state index < -0.39 is 30.4 Å². The minimum Gasteiger partial charge on any atom is -0.454 e. The lowest BCUT2D eigenvalue weighted by molar-refractivity contribution is -0.155. The van der Waals surface area contributed by atoms with E-state index in [1.165, 1.54) is 0 Å². The van der Waals surface area contributed by atoms with Gasteiger partial charge in [0.25, 0.3) is 17.7 Å². The fourth-order valence-corrected chi connectivity index (χ4v) is 4.25. The number of carbonyl (C=O) groups is 4. The topological polar surface area (TPSA) is 84.0 Å². The summed E-state index contributed by atoms with van der Waals surface area (Å²) in [4.78, 5) is 54.3. The minimum atomic E-state index is -1.15. The number of imide groups is 1. The summed E-state index contributed by atoms with van der Waals surface area (Å²) in [6.45, 7) is 0.914. The van der Waals surface area contributed by atoms with E-state index in [9.17, 15) is 19.2 Å². The third-order valence-electron chi connectivity index (χ3n) is 5.98. The lowest BCUT2D eigenvalue weighted by atomic mass is 10.0. The highest BCUT2D eigenvalue weighted by molar-refractivity contribution is 6.22. The number of esters is 1. The molecule has 0 N–H and O–H groups in total. The first kappa shape index (κ1) is 21.7. The number of rotatable bonds is 6. The molecule has 7 heteroatoms. The first-order valence-electron chi connectivity index (χ1n) is 11.0. The Labute approximate surface area is 187 Å². The van der Waals surface area contributed by atoms with Gasteiger partial charge in [-0.25, -0.2) is 4.79 Å². The first-order chi connectivity index (χ1) is 15.6. The molecule has 7 nitrogen and oxygen atoms in total. The Balaban J connectivity index is 1.52. The van der Waals surface area contributed by atoms with Crippen molar-refractivity contribution in [2.45, 2.75) is 38.1 Å². The Kier molecular flexibility index (Phi) is 6.63. The molecule has 1 saturated heterocycles. The Bertz CT molecular complexity index is 977. The van der Waals surface area contributed by atoms with Crippen molar-refractivity contribution in [3.63, 3.8) is 0 Å². The standard InChI is InChI=1S/C25H26N2O5/c28-22(26-14-8-1-2-9-15-26)17-32-25(31)21(16-18-10-4-3-5-11-18)27-23(29)19-12-6-7-13-20(19)24(27)30/h3-7,10-13,21H,1-2,8-9,14-17H2. The van der Waals surface area contributed by atoms with Gasteiger partial charge in [-0.1, -0.05) is 55.3 Å². The number of likely N-dealkylation sites (tertiary alicyclic amines) is 1. The van der Waals surface area contributed by atoms with Gasteiger partial charge in [0.2, 0.25) is 0 Å². The van der Waals surface area contributed by atoms with E-state index in [1.54, 1.807) is 29.2 Å². The average molecular weight is 434 g/mol. The third kappa shape index (κ3) is 4.56. The zero-order valence-corrected chi connectivity index (χ0v) is 17.9. The molecule has 2 aliphatic heterocycles. The molecule has 2 aromatic carbocycles. The summed E-state index contributed by atoms with van der Waals surface area (Å²) in [7, 11) is 0. The molecule has 3 amide bonds. The lowest BCUT2D eigenvalue weighted by Gasteiger charge is -2.25. The number of carbonyl (C=O) groups excluding carboxylic acids is 4. The second kappa shape index (κ2) is 9.77. The molecule has 0 saturated carbocycles. The summed E-state index contributed by atoms with van der Waals surface area (Å²) in [6.07, 6.45) is 4.16. The van der Waals surface area contributed by atoms with Crippen LogP contribution in [0, 0.1) is 0 Å². The molecule has 2 aromatic rings. The van der Waals surface area contributed by atoms with E-state index in [2.05, 4.69) is 0 Å². The lowest BCUT2D eigenvalue weighted by Crippen LogP contribution is -2.47. The molecule has 32 heavy (non-hydrogen) atoms. The van der Waals surface area contributed by atoms with E-state index >= 15 is 0 Å². The molecule has 0 aliphatic carbocycles. The van der Waals surface area contributed by atoms with Crippen molar-refractivity contribution >= 4 is 23.7 Å². The number of amides is 3. The fourth-order valence-electron chi connectivity index (χ4n) is 4.25. The van der Waals surface area contributed by atoms with Crippen molar-refractivity contribution in [2.75, 3.05) is 19.7 Å². The quantitative estimate of drug-likeness (QED) is 0.516. The van der Waals surface area contributed by atoms with Gasteiger partial charge in [-0.15, -0.1) is 0 Å². The zero-order valence-electron chi connectivity index (χ0n) is 17.9. The summed E-state index contributed by atoms with van der Waals surface area (Å²) in [5.41, 5.74) is 1.32. The van der Waals surface area contributed by atoms with Gasteiger partial charge in [-0.05, 0) is 30.5 Å². The van der Waals surface area contributed by atoms with Crippen molar-refractivity contribution in [3.05, 3.63) is 71.3 Å². The highest BCUT2D eigenvalue weighted by Gasteiger charge is 2.43. The summed E-state index contributed by atoms with van der Waals surface area (Å²) >= 11 is 0. The smallest absolute Gasteiger partial charge is 0.330 e. The molecule has 2 aliphatic rings. The molecule has 2 heterocycles. The van der Waals surface area contributed by atoms with E-state index in [4.69, 9.17) is 4.74 Å². The van der Waals surface area contributed by atoms with Crippen LogP contribution in [0.4, 0.5) is 0 Å². The maximum Gasteiger partial charge on any atom is 0.330 e. The summed E-state index contributed by atoms with van der Waals surface area (Å²) in [5, 5.41) is 0. The highest BCUT2D eigenvalue weighted by Crippen LogP contribution is 2.26. The molecule has 0 aromatic heterocycles. The van der Waals surface area contributed by atoms with Gasteiger partial charge in [-0.3, -0.25) is 19.3 Å². The van der Waals surface area contributed by atoms with Crippen molar-refractivity contribution in [3.8, 4) is 0 Å². The van der Waals surface area contributed by atoms with Gasteiger partial charge in [0, 0.05) is 19.5 Å². The highest BCUT2D eigenvalue weighted by atomic mass is 16.5. The SMILES string of the molecule is O=C(OCC(=O)N1CCCCCC1)C(Cc1ccccc1)N1C(=O)c2ccccc2C1=O. The van der Waals surface area contributed by atoms with Gasteiger partial charge in [0.15, 0.2) is 6.61 Å². The van der Waals surface area contributed by atoms with Crippen LogP contribution in [0.5, 0.6) is 0 Å². The number of nitrogens with zero attached hydrogens (tertiary/aromatic N) is 2. The van der Waals surface area contributed by atoms with Gasteiger partial charge in [0.05, 0.1) is 11.1 Å². The van der Waals surface area contributed by atoms with Crippen molar-refractivity contribution in [1.29, 1.82) is 0 Å². The maximum atomic E-state index is 13.1. The largest absolute Gasteiger partial charge is 0.454 e. The zero-order chi connectivity index (χ0) is 22.5. The molecular weight excluding hydrogens is 408 g/mol. The monoisotopic (exact) mass is 434 g/mol. The molecule has 1 atom stereocenters. The van der Waals surface area contributed by atoms with Crippen LogP contribution in [0.25, 0.3) is 0 Å². The second-order valence-electron chi connectivity index (χ2n) is 8.13. The van der Waals surface area contributed by atoms with Crippen LogP contribution >= 0.6 is 0 Å². The Morgan fingerprint density at radius 2 is 1.38 bits per heavy atom. The van der Waals surface area contributed by atoms with Gasteiger partial charge in [0.1, 0.15) is 6.04 Å². The normalized spacial score (nSPS) is 17.0. The van der Waals surface area contributed by atoms with Crippen LogP contribution in [0.15, 0.2) is 54.6 Å². The van der Waals surface area contributed by atoms with Crippen molar-refractivity contribution in [2.24, 2.45) is 0 Å². The molecule has 166 valence electrons. The summed E-state index contributed by atoms with van der Waals surface area (Å²) in [5.74, 6) is -2.06. The molecule has 0 spiro atoms. The molecule has 1 fully saturated rings. The van der Waals surface area contributed by atoms with Gasteiger partial charge < -0.3 is 9.64 Å². The van der Waals surface area contributed by atoms with Crippen LogP contribution in [0.3, 0.4) is 0 Å². The Hall–Kier alpha value is -3.48. The molecule has 4 rings (SSSR count). The van der Waals surface area contributed by atoms with E-state index in [0.717, 1.165) is 36.1 Å². The number of fused-ring (bicyclic) bond motifs is 1. The van der Waals surface area contributed by atoms with Crippen LogP contribution in [0.2, 0.25) is 0 Å². The Morgan fingerprint density at radius 3 is 1.97 bits per heavy atom. The minimum absolute atomic E-state index is 0.114. The van der Waals surface area contributed by atoms with Crippen LogP contribution in [0.1, 0.15) is 52.0 Å². The number of hydrogen-bond acceptors (Lipinski definition) is 5. The summed E-state index contributed by atoms with van der Waals surface area (Å²) in [6, 6.07) is 14.5. The average Bonchev–Trinajstić information content (AvgIpc) is 3.00. The van der Waals surface area contributed by atoms with Gasteiger partial charge >= 0.3 is 5.97 Å². The number of benzene rings is 2. The van der Waals surface area contributed by atoms with Crippen LogP contribution in [-0.4, -0.2) is 59.2 Å². The van der Waals surface area contributed by atoms with Gasteiger partial charge in [-0.2, -0.15) is 0 Å². The van der Waals surface area contributed by atoms with E-state index in [1.807, 2.05) is 30.3 Å². The molecule has 0 bridgehead atoms. The van der Waals surface area contributed by atoms with E-state index in [-0.39, 0.29) is 23.5 Å². The van der Waals surface area contributed by atoms with Crippen molar-refractivity contribution in [1.82, 2.24) is 9.80 Å². The second-order valence-corrected chi connectivity index (χ2v) is 8.13. The number of ether oxygens (including phenoxy) is 1. The maximum absolute atomic E-state index is 13.1. The van der Waals surface area contributed by atoms with E-state index in [0.29, 0.717) is 13.1 Å². The Morgan fingerprint density at radius 1 is 0.812 bits per heavy atom. The summed E-state index contributed by atoms with van der Waals surface area (Å²) < 4.78 is 5.36. The fraction of sp³-hybridized carbons (Fsp3) is 0.360. The predicted molar refractivity (Wildman–Crippen MR) is 117 cm³/mol. The number of hydrogen-bond donors (Lipinski definition) is 0. The van der Waals surface area contributed by atoms with Crippen molar-refractivity contribution < 1.29 is 23.9 Å². The van der Waals surface area contributed by atoms with Crippen LogP contribution < -0.4 is 0 Å². The first-order valence-corrected chi connectivity index (χ1v) is 11.0. The molecule has 1 unspecified atom stereocenters.